The van der Waals surface area contributed by atoms with E-state index in [1.165, 1.54) is 6.08 Å². The molecule has 0 heterocycles. The lowest BCUT2D eigenvalue weighted by Gasteiger charge is -1.93. The molecule has 0 rings (SSSR count). The molecule has 0 unspecified atom stereocenters. The van der Waals surface area contributed by atoms with Crippen molar-refractivity contribution in [1.29, 1.82) is 0 Å². The van der Waals surface area contributed by atoms with Crippen molar-refractivity contribution in [2.75, 3.05) is 6.54 Å². The molecule has 8 heteroatoms. The number of carboxylic acids is 2. The van der Waals surface area contributed by atoms with Crippen LogP contribution in [0.25, 0.3) is 0 Å². The Labute approximate surface area is 76.6 Å². The van der Waals surface area contributed by atoms with Crippen molar-refractivity contribution in [1.82, 2.24) is 0 Å². The maximum Gasteiger partial charge on any atom is 0.490 e. The van der Waals surface area contributed by atoms with E-state index in [4.69, 9.17) is 20.7 Å². The minimum Gasteiger partial charge on any atom is -0.478 e. The number of carbonyl (C=O) groups is 2. The van der Waals surface area contributed by atoms with Gasteiger partial charge in [-0.25, -0.2) is 9.59 Å². The Balaban J connectivity index is 0. The van der Waals surface area contributed by atoms with E-state index in [0.29, 0.717) is 0 Å². The Morgan fingerprint density at radius 2 is 1.64 bits per heavy atom. The third-order valence-electron chi connectivity index (χ3n) is 0.639. The Bertz CT molecular complexity index is 224. The van der Waals surface area contributed by atoms with Gasteiger partial charge in [0.05, 0.1) is 0 Å². The quantitative estimate of drug-likeness (QED) is 0.572. The summed E-state index contributed by atoms with van der Waals surface area (Å²) in [5.74, 6) is -3.71. The summed E-state index contributed by atoms with van der Waals surface area (Å²) < 4.78 is 31.7. The molecule has 0 fully saturated rings. The summed E-state index contributed by atoms with van der Waals surface area (Å²) in [5.41, 5.74) is 4.93. The topological polar surface area (TPSA) is 101 Å². The van der Waals surface area contributed by atoms with Crippen LogP contribution in [0.1, 0.15) is 0 Å². The van der Waals surface area contributed by atoms with Crippen LogP contribution in [-0.2, 0) is 9.59 Å². The van der Waals surface area contributed by atoms with Gasteiger partial charge < -0.3 is 15.9 Å². The van der Waals surface area contributed by atoms with Gasteiger partial charge in [-0.2, -0.15) is 13.2 Å². The van der Waals surface area contributed by atoms with E-state index < -0.39 is 18.1 Å². The minimum absolute atomic E-state index is 0.284. The zero-order valence-electron chi connectivity index (χ0n) is 6.78. The van der Waals surface area contributed by atoms with Crippen molar-refractivity contribution in [3.63, 3.8) is 0 Å². The first-order valence-corrected chi connectivity index (χ1v) is 3.11. The fourth-order valence-electron chi connectivity index (χ4n) is 0.169. The van der Waals surface area contributed by atoms with Crippen molar-refractivity contribution in [2.45, 2.75) is 6.18 Å². The predicted molar refractivity (Wildman–Crippen MR) is 39.5 cm³/mol. The molecular weight excluding hydrogens is 207 g/mol. The molecule has 0 atom stereocenters. The lowest BCUT2D eigenvalue weighted by Crippen LogP contribution is -2.21. The van der Waals surface area contributed by atoms with Crippen LogP contribution >= 0.6 is 0 Å². The van der Waals surface area contributed by atoms with Crippen LogP contribution in [0.15, 0.2) is 12.2 Å². The number of aliphatic carboxylic acids is 2. The van der Waals surface area contributed by atoms with Gasteiger partial charge in [-0.05, 0) is 0 Å². The summed E-state index contributed by atoms with van der Waals surface area (Å²) in [4.78, 5) is 18.5. The molecule has 0 bridgehead atoms. The molecule has 14 heavy (non-hydrogen) atoms. The summed E-state index contributed by atoms with van der Waals surface area (Å²) in [7, 11) is 0. The second kappa shape index (κ2) is 6.89. The van der Waals surface area contributed by atoms with Crippen molar-refractivity contribution in [3.05, 3.63) is 12.2 Å². The standard InChI is InChI=1S/C4H7NO2.C2HF3O2/c5-3-1-2-4(6)7;3-2(4,5)1(6)7/h1-2H,3,5H2,(H,6,7);(H,6,7)/b2-1+;. The van der Waals surface area contributed by atoms with Gasteiger partial charge in [0.25, 0.3) is 0 Å². The fraction of sp³-hybridized carbons (Fsp3) is 0.333. The predicted octanol–water partition coefficient (Wildman–Crippen LogP) is 0.219. The summed E-state index contributed by atoms with van der Waals surface area (Å²) in [6.07, 6.45) is -2.69. The zero-order chi connectivity index (χ0) is 11.8. The van der Waals surface area contributed by atoms with Crippen LogP contribution in [0.3, 0.4) is 0 Å². The number of carboxylic acid groups (broad SMARTS) is 2. The van der Waals surface area contributed by atoms with E-state index in [2.05, 4.69) is 0 Å². The lowest BCUT2D eigenvalue weighted by atomic mass is 10.5. The maximum absolute atomic E-state index is 10.6. The zero-order valence-corrected chi connectivity index (χ0v) is 6.78. The highest BCUT2D eigenvalue weighted by molar-refractivity contribution is 5.79. The highest BCUT2D eigenvalue weighted by Gasteiger charge is 2.38. The molecule has 0 aromatic carbocycles. The van der Waals surface area contributed by atoms with Gasteiger partial charge in [0.1, 0.15) is 0 Å². The first-order valence-electron chi connectivity index (χ1n) is 3.11. The van der Waals surface area contributed by atoms with Crippen molar-refractivity contribution < 1.29 is 33.0 Å². The molecule has 0 aliphatic heterocycles. The molecule has 0 saturated carbocycles. The maximum atomic E-state index is 10.6. The number of hydrogen-bond acceptors (Lipinski definition) is 3. The Hall–Kier alpha value is -1.57. The van der Waals surface area contributed by atoms with E-state index in [9.17, 15) is 18.0 Å². The third-order valence-corrected chi connectivity index (χ3v) is 0.639. The normalized spacial score (nSPS) is 10.6. The third kappa shape index (κ3) is 13.1. The summed E-state index contributed by atoms with van der Waals surface area (Å²) in [6, 6.07) is 0. The van der Waals surface area contributed by atoms with Gasteiger partial charge >= 0.3 is 18.1 Å². The van der Waals surface area contributed by atoms with Gasteiger partial charge in [0.15, 0.2) is 0 Å². The molecule has 0 aromatic heterocycles. The van der Waals surface area contributed by atoms with E-state index >= 15 is 0 Å². The molecule has 82 valence electrons. The molecule has 0 aliphatic carbocycles. The first-order chi connectivity index (χ1) is 6.21. The molecule has 5 nitrogen and oxygen atoms in total. The van der Waals surface area contributed by atoms with Gasteiger partial charge in [-0.1, -0.05) is 6.08 Å². The average Bonchev–Trinajstić information content (AvgIpc) is 2.00. The molecule has 0 aliphatic rings. The monoisotopic (exact) mass is 215 g/mol. The van der Waals surface area contributed by atoms with Gasteiger partial charge in [0.2, 0.25) is 0 Å². The summed E-state index contributed by atoms with van der Waals surface area (Å²) >= 11 is 0. The number of halogens is 3. The summed E-state index contributed by atoms with van der Waals surface area (Å²) in [6.45, 7) is 0.284. The molecule has 0 amide bonds. The SMILES string of the molecule is NC/C=C/C(=O)O.O=C(O)C(F)(F)F. The Kier molecular flexibility index (Phi) is 7.35. The lowest BCUT2D eigenvalue weighted by molar-refractivity contribution is -0.192. The van der Waals surface area contributed by atoms with Crippen molar-refractivity contribution in [2.24, 2.45) is 5.73 Å². The number of hydrogen-bond donors (Lipinski definition) is 3. The van der Waals surface area contributed by atoms with Gasteiger partial charge in [-0.3, -0.25) is 0 Å². The number of rotatable bonds is 2. The Morgan fingerprint density at radius 1 is 1.29 bits per heavy atom. The summed E-state index contributed by atoms with van der Waals surface area (Å²) in [5, 5.41) is 15.0. The van der Waals surface area contributed by atoms with Crippen molar-refractivity contribution in [3.8, 4) is 0 Å². The second-order valence-corrected chi connectivity index (χ2v) is 1.78. The van der Waals surface area contributed by atoms with Crippen LogP contribution in [-0.4, -0.2) is 34.9 Å². The van der Waals surface area contributed by atoms with E-state index in [1.807, 2.05) is 0 Å². The molecule has 4 N–H and O–H groups in total. The van der Waals surface area contributed by atoms with Gasteiger partial charge in [-0.15, -0.1) is 0 Å². The number of alkyl halides is 3. The molecular formula is C6H8F3NO4. The molecule has 0 spiro atoms. The molecule has 0 aromatic rings. The van der Waals surface area contributed by atoms with Gasteiger partial charge in [0, 0.05) is 12.6 Å². The van der Waals surface area contributed by atoms with Crippen LogP contribution in [0.4, 0.5) is 13.2 Å². The first kappa shape index (κ1) is 14.9. The van der Waals surface area contributed by atoms with E-state index in [-0.39, 0.29) is 6.54 Å². The highest BCUT2D eigenvalue weighted by Crippen LogP contribution is 2.13. The smallest absolute Gasteiger partial charge is 0.478 e. The fourth-order valence-corrected chi connectivity index (χ4v) is 0.169. The largest absolute Gasteiger partial charge is 0.490 e. The number of nitrogens with two attached hydrogens (primary N) is 1. The second-order valence-electron chi connectivity index (χ2n) is 1.78. The van der Waals surface area contributed by atoms with Crippen LogP contribution < -0.4 is 5.73 Å². The van der Waals surface area contributed by atoms with E-state index in [1.54, 1.807) is 0 Å². The van der Waals surface area contributed by atoms with E-state index in [0.717, 1.165) is 6.08 Å². The Morgan fingerprint density at radius 3 is 1.71 bits per heavy atom. The van der Waals surface area contributed by atoms with Crippen molar-refractivity contribution >= 4 is 11.9 Å². The molecule has 0 saturated heterocycles. The highest BCUT2D eigenvalue weighted by atomic mass is 19.4. The molecule has 0 radical (unpaired) electrons. The van der Waals surface area contributed by atoms with Crippen LogP contribution in [0.2, 0.25) is 0 Å². The minimum atomic E-state index is -5.08. The average molecular weight is 215 g/mol. The van der Waals surface area contributed by atoms with Crippen LogP contribution in [0, 0.1) is 0 Å². The van der Waals surface area contributed by atoms with Crippen LogP contribution in [0.5, 0.6) is 0 Å².